The number of hydrogen-bond acceptors (Lipinski definition) is 4. The maximum atomic E-state index is 11.7. The molecule has 0 aromatic rings. The number of unbranched alkanes of at least 4 members (excludes halogenated alkanes) is 1. The molecule has 6 heteroatoms. The normalized spacial score (nSPS) is 20.6. The first-order chi connectivity index (χ1) is 8.06. The molecule has 1 fully saturated rings. The number of nitrogens with one attached hydrogen (secondary N) is 1. The fourth-order valence-electron chi connectivity index (χ4n) is 1.71. The number of carbonyl (C=O) groups is 3. The molecule has 1 heterocycles. The van der Waals surface area contributed by atoms with Gasteiger partial charge in [0.05, 0.1) is 0 Å². The second-order valence-electron chi connectivity index (χ2n) is 4.13. The zero-order valence-electron chi connectivity index (χ0n) is 9.94. The lowest BCUT2D eigenvalue weighted by atomic mass is 10.0. The SMILES string of the molecule is CN1C(=O)CCC(NC(=O)CCCCO)C1=O. The molecule has 1 aliphatic rings. The zero-order valence-corrected chi connectivity index (χ0v) is 9.94. The van der Waals surface area contributed by atoms with Crippen molar-refractivity contribution < 1.29 is 19.5 Å². The summed E-state index contributed by atoms with van der Waals surface area (Å²) in [6.07, 6.45) is 2.11. The van der Waals surface area contributed by atoms with Crippen molar-refractivity contribution in [3.05, 3.63) is 0 Å². The van der Waals surface area contributed by atoms with Crippen molar-refractivity contribution in [2.45, 2.75) is 38.1 Å². The van der Waals surface area contributed by atoms with E-state index in [0.717, 1.165) is 4.90 Å². The monoisotopic (exact) mass is 242 g/mol. The first kappa shape index (κ1) is 13.6. The lowest BCUT2D eigenvalue weighted by Crippen LogP contribution is -2.52. The van der Waals surface area contributed by atoms with Crippen molar-refractivity contribution in [3.8, 4) is 0 Å². The van der Waals surface area contributed by atoms with E-state index in [9.17, 15) is 14.4 Å². The number of aliphatic hydroxyl groups excluding tert-OH is 1. The molecule has 1 unspecified atom stereocenters. The molecule has 3 amide bonds. The highest BCUT2D eigenvalue weighted by molar-refractivity contribution is 6.01. The van der Waals surface area contributed by atoms with E-state index >= 15 is 0 Å². The highest BCUT2D eigenvalue weighted by Gasteiger charge is 2.32. The second-order valence-corrected chi connectivity index (χ2v) is 4.13. The van der Waals surface area contributed by atoms with E-state index < -0.39 is 6.04 Å². The van der Waals surface area contributed by atoms with Gasteiger partial charge in [-0.2, -0.15) is 0 Å². The predicted octanol–water partition coefficient (Wildman–Crippen LogP) is -0.587. The van der Waals surface area contributed by atoms with Gasteiger partial charge >= 0.3 is 0 Å². The maximum absolute atomic E-state index is 11.7. The molecule has 0 saturated carbocycles. The summed E-state index contributed by atoms with van der Waals surface area (Å²) in [5.41, 5.74) is 0. The Hall–Kier alpha value is -1.43. The highest BCUT2D eigenvalue weighted by Crippen LogP contribution is 2.11. The molecule has 1 rings (SSSR count). The molecule has 0 radical (unpaired) electrons. The average Bonchev–Trinajstić information content (AvgIpc) is 2.30. The largest absolute Gasteiger partial charge is 0.396 e. The van der Waals surface area contributed by atoms with Crippen LogP contribution >= 0.6 is 0 Å². The van der Waals surface area contributed by atoms with Gasteiger partial charge in [-0.25, -0.2) is 0 Å². The Morgan fingerprint density at radius 3 is 2.82 bits per heavy atom. The minimum absolute atomic E-state index is 0.0624. The number of likely N-dealkylation sites (tertiary alicyclic amines) is 1. The molecular formula is C11H18N2O4. The molecule has 1 saturated heterocycles. The van der Waals surface area contributed by atoms with E-state index in [1.807, 2.05) is 0 Å². The number of imide groups is 1. The minimum atomic E-state index is -0.584. The van der Waals surface area contributed by atoms with Crippen molar-refractivity contribution in [1.82, 2.24) is 10.2 Å². The summed E-state index contributed by atoms with van der Waals surface area (Å²) in [6, 6.07) is -0.584. The van der Waals surface area contributed by atoms with Gasteiger partial charge in [0.1, 0.15) is 6.04 Å². The van der Waals surface area contributed by atoms with Gasteiger partial charge in [-0.3, -0.25) is 19.3 Å². The first-order valence-electron chi connectivity index (χ1n) is 5.77. The van der Waals surface area contributed by atoms with Crippen LogP contribution in [-0.2, 0) is 14.4 Å². The van der Waals surface area contributed by atoms with Crippen LogP contribution in [0.1, 0.15) is 32.1 Å². The van der Waals surface area contributed by atoms with Gasteiger partial charge in [0.15, 0.2) is 0 Å². The highest BCUT2D eigenvalue weighted by atomic mass is 16.3. The van der Waals surface area contributed by atoms with Crippen molar-refractivity contribution in [2.24, 2.45) is 0 Å². The van der Waals surface area contributed by atoms with Gasteiger partial charge in [0.2, 0.25) is 11.8 Å². The van der Waals surface area contributed by atoms with Crippen LogP contribution < -0.4 is 5.32 Å². The molecule has 1 atom stereocenters. The molecule has 6 nitrogen and oxygen atoms in total. The molecule has 96 valence electrons. The van der Waals surface area contributed by atoms with E-state index in [1.54, 1.807) is 0 Å². The third-order valence-corrected chi connectivity index (χ3v) is 2.80. The number of hydrogen-bond donors (Lipinski definition) is 2. The van der Waals surface area contributed by atoms with Crippen molar-refractivity contribution >= 4 is 17.7 Å². The maximum Gasteiger partial charge on any atom is 0.251 e. The fraction of sp³-hybridized carbons (Fsp3) is 0.727. The van der Waals surface area contributed by atoms with Crippen LogP contribution in [0.25, 0.3) is 0 Å². The summed E-state index contributed by atoms with van der Waals surface area (Å²) in [4.78, 5) is 35.4. The summed E-state index contributed by atoms with van der Waals surface area (Å²) in [5, 5.41) is 11.2. The summed E-state index contributed by atoms with van der Waals surface area (Å²) in [5.74, 6) is -0.767. The van der Waals surface area contributed by atoms with E-state index in [0.29, 0.717) is 25.7 Å². The molecule has 0 aromatic heterocycles. The van der Waals surface area contributed by atoms with Gasteiger partial charge in [-0.1, -0.05) is 0 Å². The van der Waals surface area contributed by atoms with Gasteiger partial charge in [0.25, 0.3) is 5.91 Å². The van der Waals surface area contributed by atoms with Gasteiger partial charge in [0, 0.05) is 26.5 Å². The van der Waals surface area contributed by atoms with Crippen LogP contribution in [0.15, 0.2) is 0 Å². The van der Waals surface area contributed by atoms with Crippen LogP contribution in [-0.4, -0.2) is 47.4 Å². The summed E-state index contributed by atoms with van der Waals surface area (Å²) in [6.45, 7) is 0.0624. The molecule has 2 N–H and O–H groups in total. The van der Waals surface area contributed by atoms with Crippen LogP contribution in [0, 0.1) is 0 Å². The van der Waals surface area contributed by atoms with Crippen LogP contribution in [0.4, 0.5) is 0 Å². The summed E-state index contributed by atoms with van der Waals surface area (Å²) < 4.78 is 0. The van der Waals surface area contributed by atoms with Gasteiger partial charge < -0.3 is 10.4 Å². The number of likely N-dealkylation sites (N-methyl/N-ethyl adjacent to an activating group) is 1. The van der Waals surface area contributed by atoms with E-state index in [1.165, 1.54) is 7.05 Å². The van der Waals surface area contributed by atoms with Gasteiger partial charge in [-0.05, 0) is 19.3 Å². The Labute approximate surface area is 100.0 Å². The zero-order chi connectivity index (χ0) is 12.8. The number of rotatable bonds is 5. The molecular weight excluding hydrogens is 224 g/mol. The number of amides is 3. The Morgan fingerprint density at radius 2 is 2.18 bits per heavy atom. The molecule has 0 spiro atoms. The van der Waals surface area contributed by atoms with Crippen molar-refractivity contribution in [2.75, 3.05) is 13.7 Å². The predicted molar refractivity (Wildman–Crippen MR) is 59.9 cm³/mol. The molecule has 0 aromatic carbocycles. The number of piperidine rings is 1. The Morgan fingerprint density at radius 1 is 1.47 bits per heavy atom. The van der Waals surface area contributed by atoms with E-state index in [2.05, 4.69) is 5.32 Å². The average molecular weight is 242 g/mol. The molecule has 0 bridgehead atoms. The van der Waals surface area contributed by atoms with E-state index in [4.69, 9.17) is 5.11 Å². The van der Waals surface area contributed by atoms with Crippen LogP contribution in [0.3, 0.4) is 0 Å². The van der Waals surface area contributed by atoms with Crippen molar-refractivity contribution in [1.29, 1.82) is 0 Å². The van der Waals surface area contributed by atoms with Crippen LogP contribution in [0.5, 0.6) is 0 Å². The van der Waals surface area contributed by atoms with Gasteiger partial charge in [-0.15, -0.1) is 0 Å². The van der Waals surface area contributed by atoms with Crippen LogP contribution in [0.2, 0.25) is 0 Å². The molecule has 17 heavy (non-hydrogen) atoms. The number of carbonyl (C=O) groups excluding carboxylic acids is 3. The second kappa shape index (κ2) is 6.34. The smallest absolute Gasteiger partial charge is 0.251 e. The fourth-order valence-corrected chi connectivity index (χ4v) is 1.71. The lowest BCUT2D eigenvalue weighted by molar-refractivity contribution is -0.149. The first-order valence-corrected chi connectivity index (χ1v) is 5.77. The Balaban J connectivity index is 2.38. The minimum Gasteiger partial charge on any atom is -0.396 e. The standard InChI is InChI=1S/C11H18N2O4/c1-13-10(16)6-5-8(11(13)17)12-9(15)4-2-3-7-14/h8,14H,2-7H2,1H3,(H,12,15). The quantitative estimate of drug-likeness (QED) is 0.498. The summed E-state index contributed by atoms with van der Waals surface area (Å²) >= 11 is 0. The molecule has 1 aliphatic heterocycles. The molecule has 0 aliphatic carbocycles. The third kappa shape index (κ3) is 3.81. The Bertz CT molecular complexity index is 317. The van der Waals surface area contributed by atoms with E-state index in [-0.39, 0.29) is 30.7 Å². The van der Waals surface area contributed by atoms with Crippen molar-refractivity contribution in [3.63, 3.8) is 0 Å². The Kier molecular flexibility index (Phi) is 5.09. The summed E-state index contributed by atoms with van der Waals surface area (Å²) in [7, 11) is 1.43. The lowest BCUT2D eigenvalue weighted by Gasteiger charge is -2.28. The third-order valence-electron chi connectivity index (χ3n) is 2.80. The number of nitrogens with zero attached hydrogens (tertiary/aromatic N) is 1. The topological polar surface area (TPSA) is 86.7 Å². The number of aliphatic hydroxyl groups is 1.